The van der Waals surface area contributed by atoms with Gasteiger partial charge in [0.1, 0.15) is 4.62 Å². The largest absolute Gasteiger partial charge is 0.302 e. The summed E-state index contributed by atoms with van der Waals surface area (Å²) in [4.78, 5) is 17.6. The molecule has 1 heterocycles. The Morgan fingerprint density at radius 3 is 2.89 bits per heavy atom. The van der Waals surface area contributed by atoms with Crippen LogP contribution in [-0.4, -0.2) is 22.9 Å². The van der Waals surface area contributed by atoms with Gasteiger partial charge in [-0.2, -0.15) is 0 Å². The highest BCUT2D eigenvalue weighted by atomic mass is 79.9. The molecule has 0 fully saturated rings. The van der Waals surface area contributed by atoms with E-state index in [1.807, 2.05) is 0 Å². The van der Waals surface area contributed by atoms with Gasteiger partial charge in [0.25, 0.3) is 5.91 Å². The van der Waals surface area contributed by atoms with Crippen molar-refractivity contribution in [1.82, 2.24) is 0 Å². The number of aliphatic imine (C=N–C) groups is 2. The summed E-state index contributed by atoms with van der Waals surface area (Å²) in [6.45, 7) is 0. The van der Waals surface area contributed by atoms with E-state index >= 15 is 0 Å². The number of carbonyl (C=O) groups excluding carboxylic acids is 1. The number of amides is 1. The quantitative estimate of drug-likeness (QED) is 0.568. The Morgan fingerprint density at radius 1 is 1.78 bits per heavy atom. The molecule has 0 spiro atoms. The van der Waals surface area contributed by atoms with Gasteiger partial charge in [-0.25, -0.2) is 4.99 Å². The van der Waals surface area contributed by atoms with Gasteiger partial charge in [0.2, 0.25) is 0 Å². The minimum absolute atomic E-state index is 0.413. The first-order valence-corrected chi connectivity index (χ1v) is 3.06. The summed E-state index contributed by atoms with van der Waals surface area (Å²) in [5.41, 5.74) is 5.17. The zero-order chi connectivity index (χ0) is 6.85. The average molecular weight is 190 g/mol. The van der Waals surface area contributed by atoms with Gasteiger partial charge in [0, 0.05) is 0 Å². The van der Waals surface area contributed by atoms with Gasteiger partial charge in [0.05, 0.1) is 6.21 Å². The molecule has 1 aliphatic rings. The molecule has 0 radical (unpaired) electrons. The third kappa shape index (κ3) is 1.43. The number of halogens is 1. The third-order valence-electron chi connectivity index (χ3n) is 0.812. The van der Waals surface area contributed by atoms with Gasteiger partial charge < -0.3 is 5.73 Å². The lowest BCUT2D eigenvalue weighted by atomic mass is 10.4. The molecule has 0 saturated heterocycles. The Balaban J connectivity index is 2.82. The molecule has 0 bridgehead atoms. The van der Waals surface area contributed by atoms with E-state index in [4.69, 9.17) is 5.73 Å². The molecule has 0 saturated carbocycles. The number of rotatable bonds is 0. The molecule has 0 aliphatic carbocycles. The van der Waals surface area contributed by atoms with Crippen LogP contribution in [0.4, 0.5) is 0 Å². The summed E-state index contributed by atoms with van der Waals surface area (Å²) < 4.78 is 0.425. The van der Waals surface area contributed by atoms with E-state index in [9.17, 15) is 4.79 Å². The van der Waals surface area contributed by atoms with Crippen LogP contribution in [0.25, 0.3) is 0 Å². The third-order valence-corrected chi connectivity index (χ3v) is 1.19. The van der Waals surface area contributed by atoms with Gasteiger partial charge in [-0.15, -0.1) is 0 Å². The smallest absolute Gasteiger partial charge is 0.286 e. The molecule has 0 aromatic rings. The lowest BCUT2D eigenvalue weighted by molar-refractivity contribution is -0.118. The lowest BCUT2D eigenvalue weighted by Gasteiger charge is -2.03. The summed E-state index contributed by atoms with van der Waals surface area (Å²) >= 11 is 2.98. The second-order valence-electron chi connectivity index (χ2n) is 1.50. The van der Waals surface area contributed by atoms with E-state index in [0.29, 0.717) is 4.62 Å². The molecular weight excluding hydrogens is 186 g/mol. The standard InChI is InChI=1S/C4H4BrN3O/c5-2-1-7-3(6)4(9)8-2/h1,3H,6H2. The normalized spacial score (nSPS) is 26.2. The maximum Gasteiger partial charge on any atom is 0.286 e. The van der Waals surface area contributed by atoms with E-state index in [0.717, 1.165) is 0 Å². The van der Waals surface area contributed by atoms with Gasteiger partial charge in [-0.1, -0.05) is 0 Å². The molecule has 5 heteroatoms. The predicted molar refractivity (Wildman–Crippen MR) is 37.8 cm³/mol. The first-order chi connectivity index (χ1) is 4.20. The Labute approximate surface area is 60.0 Å². The van der Waals surface area contributed by atoms with Crippen LogP contribution in [0.1, 0.15) is 0 Å². The summed E-state index contributed by atoms with van der Waals surface area (Å²) in [6.07, 6.45) is 0.609. The Kier molecular flexibility index (Phi) is 1.73. The van der Waals surface area contributed by atoms with Gasteiger partial charge >= 0.3 is 0 Å². The highest BCUT2D eigenvalue weighted by Crippen LogP contribution is 1.97. The van der Waals surface area contributed by atoms with E-state index < -0.39 is 12.1 Å². The first-order valence-electron chi connectivity index (χ1n) is 2.27. The summed E-state index contributed by atoms with van der Waals surface area (Å²) in [5.74, 6) is -0.413. The molecular formula is C4H4BrN3O. The van der Waals surface area contributed by atoms with Crippen molar-refractivity contribution in [2.24, 2.45) is 15.7 Å². The average Bonchev–Trinajstić information content (AvgIpc) is 1.80. The summed E-state index contributed by atoms with van der Waals surface area (Å²) in [5, 5.41) is 0. The minimum Gasteiger partial charge on any atom is -0.302 e. The fraction of sp³-hybridized carbons (Fsp3) is 0.250. The molecule has 1 aliphatic heterocycles. The number of nitrogens with two attached hydrogens (primary N) is 1. The zero-order valence-corrected chi connectivity index (χ0v) is 6.00. The van der Waals surface area contributed by atoms with E-state index in [-0.39, 0.29) is 0 Å². The molecule has 48 valence electrons. The zero-order valence-electron chi connectivity index (χ0n) is 4.41. The molecule has 1 amide bonds. The molecule has 2 N–H and O–H groups in total. The lowest BCUT2D eigenvalue weighted by Crippen LogP contribution is -2.30. The molecule has 1 rings (SSSR count). The first kappa shape index (κ1) is 6.57. The Hall–Kier alpha value is -0.550. The highest BCUT2D eigenvalue weighted by Gasteiger charge is 2.13. The maximum absolute atomic E-state index is 10.5. The maximum atomic E-state index is 10.5. The monoisotopic (exact) mass is 189 g/mol. The van der Waals surface area contributed by atoms with Gasteiger partial charge in [-0.3, -0.25) is 9.79 Å². The highest BCUT2D eigenvalue weighted by molar-refractivity contribution is 9.19. The van der Waals surface area contributed by atoms with Gasteiger partial charge in [0.15, 0.2) is 6.17 Å². The number of hydrogen-bond acceptors (Lipinski definition) is 3. The topological polar surface area (TPSA) is 67.8 Å². The Morgan fingerprint density at radius 2 is 2.44 bits per heavy atom. The van der Waals surface area contributed by atoms with Crippen molar-refractivity contribution < 1.29 is 4.79 Å². The van der Waals surface area contributed by atoms with Crippen LogP contribution in [0.15, 0.2) is 9.98 Å². The fourth-order valence-corrected chi connectivity index (χ4v) is 0.699. The molecule has 9 heavy (non-hydrogen) atoms. The van der Waals surface area contributed by atoms with Crippen molar-refractivity contribution in [2.45, 2.75) is 6.17 Å². The number of nitrogens with zero attached hydrogens (tertiary/aromatic N) is 2. The van der Waals surface area contributed by atoms with Crippen LogP contribution >= 0.6 is 15.9 Å². The molecule has 1 unspecified atom stereocenters. The fourth-order valence-electron chi connectivity index (χ4n) is 0.406. The number of hydrogen-bond donors (Lipinski definition) is 1. The van der Waals surface area contributed by atoms with Crippen LogP contribution in [0.2, 0.25) is 0 Å². The van der Waals surface area contributed by atoms with Crippen LogP contribution in [-0.2, 0) is 4.79 Å². The second-order valence-corrected chi connectivity index (χ2v) is 2.31. The predicted octanol–water partition coefficient (Wildman–Crippen LogP) is -0.324. The van der Waals surface area contributed by atoms with Crippen LogP contribution in [0, 0.1) is 0 Å². The second kappa shape index (κ2) is 2.36. The summed E-state index contributed by atoms with van der Waals surface area (Å²) in [6, 6.07) is 0. The number of carbonyl (C=O) groups is 1. The Bertz CT molecular complexity index is 198. The van der Waals surface area contributed by atoms with Crippen LogP contribution in [0.3, 0.4) is 0 Å². The van der Waals surface area contributed by atoms with E-state index in [2.05, 4.69) is 25.9 Å². The van der Waals surface area contributed by atoms with Crippen molar-refractivity contribution in [1.29, 1.82) is 0 Å². The SMILES string of the molecule is NC1N=CC(Br)=NC1=O. The molecule has 0 aromatic heterocycles. The molecule has 4 nitrogen and oxygen atoms in total. The van der Waals surface area contributed by atoms with Gasteiger partial charge in [-0.05, 0) is 15.9 Å². The van der Waals surface area contributed by atoms with Crippen LogP contribution < -0.4 is 5.73 Å². The van der Waals surface area contributed by atoms with E-state index in [1.165, 1.54) is 6.21 Å². The summed E-state index contributed by atoms with van der Waals surface area (Å²) in [7, 11) is 0. The van der Waals surface area contributed by atoms with Crippen LogP contribution in [0.5, 0.6) is 0 Å². The molecule has 1 atom stereocenters. The van der Waals surface area contributed by atoms with Crippen molar-refractivity contribution in [2.75, 3.05) is 0 Å². The van der Waals surface area contributed by atoms with Crippen molar-refractivity contribution in [3.63, 3.8) is 0 Å². The molecule has 0 aromatic carbocycles. The van der Waals surface area contributed by atoms with Crippen molar-refractivity contribution >= 4 is 32.7 Å². The minimum atomic E-state index is -0.800. The van der Waals surface area contributed by atoms with Crippen molar-refractivity contribution in [3.8, 4) is 0 Å². The van der Waals surface area contributed by atoms with E-state index in [1.54, 1.807) is 0 Å². The van der Waals surface area contributed by atoms with Crippen molar-refractivity contribution in [3.05, 3.63) is 0 Å².